The standard InChI is InChI=1S/C19H18ClF3N2O5/c20-12-7-11(8-13(9-12)30-19(21,22)23)15(18(28)29)25-17(27)16(26)14(24)6-10-4-2-1-3-5-10/h1-5,7-9,14-16,26H,6,24H2,(H,25,27)(H,28,29)/t14-,15+,16+/m1/s1. The molecule has 0 fully saturated rings. The van der Waals surface area contributed by atoms with E-state index in [0.717, 1.165) is 23.8 Å². The molecule has 0 aliphatic heterocycles. The van der Waals surface area contributed by atoms with Gasteiger partial charge < -0.3 is 26.0 Å². The minimum absolute atomic E-state index is 0.133. The van der Waals surface area contributed by atoms with Crippen LogP contribution in [0.15, 0.2) is 48.5 Å². The van der Waals surface area contributed by atoms with Crippen LogP contribution in [0, 0.1) is 0 Å². The Labute approximate surface area is 174 Å². The molecular weight excluding hydrogens is 429 g/mol. The fraction of sp³-hybridized carbons (Fsp3) is 0.263. The number of aliphatic carboxylic acids is 1. The molecular formula is C19H18ClF3N2O5. The number of carbonyl (C=O) groups excluding carboxylic acids is 1. The second-order valence-electron chi connectivity index (χ2n) is 6.35. The first-order valence-electron chi connectivity index (χ1n) is 8.53. The Morgan fingerprint density at radius 3 is 2.37 bits per heavy atom. The van der Waals surface area contributed by atoms with Crippen molar-refractivity contribution in [3.63, 3.8) is 0 Å². The number of ether oxygens (including phenoxy) is 1. The fourth-order valence-corrected chi connectivity index (χ4v) is 2.88. The molecule has 0 saturated heterocycles. The summed E-state index contributed by atoms with van der Waals surface area (Å²) < 4.78 is 41.1. The lowest BCUT2D eigenvalue weighted by Crippen LogP contribution is -2.49. The number of nitrogens with one attached hydrogen (secondary N) is 1. The monoisotopic (exact) mass is 446 g/mol. The van der Waals surface area contributed by atoms with Gasteiger partial charge in [-0.2, -0.15) is 0 Å². The highest BCUT2D eigenvalue weighted by molar-refractivity contribution is 6.30. The van der Waals surface area contributed by atoms with E-state index in [1.54, 1.807) is 30.3 Å². The molecule has 2 rings (SSSR count). The molecule has 0 unspecified atom stereocenters. The lowest BCUT2D eigenvalue weighted by atomic mass is 10.0. The first kappa shape index (κ1) is 23.5. The molecule has 0 aromatic heterocycles. The van der Waals surface area contributed by atoms with E-state index >= 15 is 0 Å². The highest BCUT2D eigenvalue weighted by Gasteiger charge is 2.33. The third kappa shape index (κ3) is 6.90. The summed E-state index contributed by atoms with van der Waals surface area (Å²) in [6.45, 7) is 0. The molecule has 3 atom stereocenters. The quantitative estimate of drug-likeness (QED) is 0.494. The maximum absolute atomic E-state index is 12.4. The van der Waals surface area contributed by atoms with E-state index < -0.39 is 42.2 Å². The molecule has 0 saturated carbocycles. The van der Waals surface area contributed by atoms with Crippen molar-refractivity contribution in [1.82, 2.24) is 5.32 Å². The van der Waals surface area contributed by atoms with E-state index in [0.29, 0.717) is 0 Å². The molecule has 11 heteroatoms. The normalized spacial score (nSPS) is 14.5. The first-order valence-corrected chi connectivity index (χ1v) is 8.91. The summed E-state index contributed by atoms with van der Waals surface area (Å²) in [5.74, 6) is -3.46. The summed E-state index contributed by atoms with van der Waals surface area (Å²) in [5, 5.41) is 21.4. The van der Waals surface area contributed by atoms with Gasteiger partial charge >= 0.3 is 12.3 Å². The number of amides is 1. The number of carbonyl (C=O) groups is 2. The van der Waals surface area contributed by atoms with Crippen LogP contribution in [0.4, 0.5) is 13.2 Å². The second kappa shape index (κ2) is 9.79. The third-order valence-corrected chi connectivity index (χ3v) is 4.20. The smallest absolute Gasteiger partial charge is 0.479 e. The highest BCUT2D eigenvalue weighted by atomic mass is 35.5. The van der Waals surface area contributed by atoms with Gasteiger partial charge in [0, 0.05) is 11.1 Å². The van der Waals surface area contributed by atoms with Gasteiger partial charge in [0.15, 0.2) is 6.04 Å². The van der Waals surface area contributed by atoms with E-state index in [1.165, 1.54) is 0 Å². The number of halogens is 4. The largest absolute Gasteiger partial charge is 0.573 e. The van der Waals surface area contributed by atoms with Gasteiger partial charge in [-0.25, -0.2) is 4.79 Å². The zero-order chi connectivity index (χ0) is 22.5. The van der Waals surface area contributed by atoms with Crippen LogP contribution >= 0.6 is 11.6 Å². The summed E-state index contributed by atoms with van der Waals surface area (Å²) in [4.78, 5) is 23.9. The Bertz CT molecular complexity index is 895. The number of aliphatic hydroxyl groups is 1. The Kier molecular flexibility index (Phi) is 7.65. The number of carboxylic acid groups (broad SMARTS) is 1. The average Bonchev–Trinajstić information content (AvgIpc) is 2.63. The van der Waals surface area contributed by atoms with Gasteiger partial charge in [-0.3, -0.25) is 4.79 Å². The first-order chi connectivity index (χ1) is 14.0. The van der Waals surface area contributed by atoms with Crippen LogP contribution in [-0.2, 0) is 16.0 Å². The predicted octanol–water partition coefficient (Wildman–Crippen LogP) is 2.41. The Hall–Kier alpha value is -2.82. The number of rotatable bonds is 8. The van der Waals surface area contributed by atoms with Crippen molar-refractivity contribution >= 4 is 23.5 Å². The highest BCUT2D eigenvalue weighted by Crippen LogP contribution is 2.29. The van der Waals surface area contributed by atoms with Crippen LogP contribution in [0.1, 0.15) is 17.2 Å². The van der Waals surface area contributed by atoms with E-state index in [2.05, 4.69) is 10.1 Å². The maximum atomic E-state index is 12.4. The van der Waals surface area contributed by atoms with Crippen LogP contribution in [0.5, 0.6) is 5.75 Å². The molecule has 0 heterocycles. The molecule has 2 aromatic rings. The van der Waals surface area contributed by atoms with Gasteiger partial charge in [0.2, 0.25) is 0 Å². The zero-order valence-electron chi connectivity index (χ0n) is 15.3. The number of aliphatic hydroxyl groups excluding tert-OH is 1. The Balaban J connectivity index is 2.16. The molecule has 7 nitrogen and oxygen atoms in total. The Morgan fingerprint density at radius 2 is 1.80 bits per heavy atom. The number of alkyl halides is 3. The van der Waals surface area contributed by atoms with Gasteiger partial charge in [-0.05, 0) is 35.7 Å². The molecule has 0 spiro atoms. The van der Waals surface area contributed by atoms with E-state index in [-0.39, 0.29) is 17.0 Å². The lowest BCUT2D eigenvalue weighted by molar-refractivity contribution is -0.274. The minimum Gasteiger partial charge on any atom is -0.479 e. The maximum Gasteiger partial charge on any atom is 0.573 e. The second-order valence-corrected chi connectivity index (χ2v) is 6.78. The number of carboxylic acids is 1. The summed E-state index contributed by atoms with van der Waals surface area (Å²) in [5.41, 5.74) is 6.29. The number of hydrogen-bond acceptors (Lipinski definition) is 5. The van der Waals surface area contributed by atoms with Gasteiger partial charge in [0.25, 0.3) is 5.91 Å². The van der Waals surface area contributed by atoms with Crippen LogP contribution in [-0.4, -0.2) is 40.6 Å². The van der Waals surface area contributed by atoms with Gasteiger partial charge in [0.1, 0.15) is 11.9 Å². The van der Waals surface area contributed by atoms with Crippen LogP contribution < -0.4 is 15.8 Å². The molecule has 2 aromatic carbocycles. The summed E-state index contributed by atoms with van der Waals surface area (Å²) in [7, 11) is 0. The van der Waals surface area contributed by atoms with Crippen LogP contribution in [0.3, 0.4) is 0 Å². The van der Waals surface area contributed by atoms with Crippen molar-refractivity contribution in [3.8, 4) is 5.75 Å². The van der Waals surface area contributed by atoms with Gasteiger partial charge in [0.05, 0.1) is 0 Å². The molecule has 30 heavy (non-hydrogen) atoms. The predicted molar refractivity (Wildman–Crippen MR) is 101 cm³/mol. The van der Waals surface area contributed by atoms with Crippen molar-refractivity contribution < 1.29 is 37.7 Å². The molecule has 0 bridgehead atoms. The van der Waals surface area contributed by atoms with Crippen LogP contribution in [0.25, 0.3) is 0 Å². The molecule has 0 aliphatic rings. The SMILES string of the molecule is N[C@H](Cc1ccccc1)[C@H](O)C(=O)N[C@H](C(=O)O)c1cc(Cl)cc(OC(F)(F)F)c1. The van der Waals surface area contributed by atoms with E-state index in [4.69, 9.17) is 17.3 Å². The van der Waals surface area contributed by atoms with Crippen molar-refractivity contribution in [2.75, 3.05) is 0 Å². The van der Waals surface area contributed by atoms with E-state index in [1.807, 2.05) is 0 Å². The molecule has 0 aliphatic carbocycles. The summed E-state index contributed by atoms with van der Waals surface area (Å²) >= 11 is 5.75. The van der Waals surface area contributed by atoms with Crippen molar-refractivity contribution in [2.45, 2.75) is 31.0 Å². The van der Waals surface area contributed by atoms with Crippen molar-refractivity contribution in [3.05, 3.63) is 64.7 Å². The number of hydrogen-bond donors (Lipinski definition) is 4. The lowest BCUT2D eigenvalue weighted by Gasteiger charge is -2.22. The third-order valence-electron chi connectivity index (χ3n) is 3.98. The summed E-state index contributed by atoms with van der Waals surface area (Å²) in [6, 6.07) is 8.55. The average molecular weight is 447 g/mol. The topological polar surface area (TPSA) is 122 Å². The van der Waals surface area contributed by atoms with Crippen LogP contribution in [0.2, 0.25) is 5.02 Å². The molecule has 1 amide bonds. The molecule has 162 valence electrons. The molecule has 5 N–H and O–H groups in total. The van der Waals surface area contributed by atoms with Gasteiger partial charge in [-0.15, -0.1) is 13.2 Å². The van der Waals surface area contributed by atoms with E-state index in [9.17, 15) is 33.0 Å². The number of benzene rings is 2. The van der Waals surface area contributed by atoms with Crippen molar-refractivity contribution in [1.29, 1.82) is 0 Å². The Morgan fingerprint density at radius 1 is 1.17 bits per heavy atom. The number of nitrogens with two attached hydrogens (primary N) is 1. The zero-order valence-corrected chi connectivity index (χ0v) is 16.0. The van der Waals surface area contributed by atoms with Crippen molar-refractivity contribution in [2.24, 2.45) is 5.73 Å². The summed E-state index contributed by atoms with van der Waals surface area (Å²) in [6.07, 6.45) is -6.66. The molecule has 0 radical (unpaired) electrons. The minimum atomic E-state index is -5.02. The van der Waals surface area contributed by atoms with Gasteiger partial charge in [-0.1, -0.05) is 41.9 Å². The fourth-order valence-electron chi connectivity index (χ4n) is 2.65.